The third kappa shape index (κ3) is 3.75. The fourth-order valence-electron chi connectivity index (χ4n) is 3.00. The highest BCUT2D eigenvalue weighted by atomic mass is 16.6. The van der Waals surface area contributed by atoms with E-state index in [0.717, 1.165) is 49.5 Å². The van der Waals surface area contributed by atoms with Crippen LogP contribution in [0.25, 0.3) is 5.57 Å². The van der Waals surface area contributed by atoms with Crippen molar-refractivity contribution < 1.29 is 4.92 Å². The monoisotopic (exact) mass is 326 g/mol. The Bertz CT molecular complexity index is 724. The SMILES string of the molecule is CC1=CC(C#CCN2CCN(C)CC2)Nc2ccc([N+](=O)[O-])cc21. The molecule has 2 heterocycles. The number of nitro groups is 1. The van der Waals surface area contributed by atoms with E-state index in [-0.39, 0.29) is 16.7 Å². The van der Waals surface area contributed by atoms with Crippen LogP contribution in [0.1, 0.15) is 12.5 Å². The molecule has 1 N–H and O–H groups in total. The summed E-state index contributed by atoms with van der Waals surface area (Å²) in [5.74, 6) is 6.52. The highest BCUT2D eigenvalue weighted by Gasteiger charge is 2.18. The zero-order valence-corrected chi connectivity index (χ0v) is 14.1. The zero-order chi connectivity index (χ0) is 17.1. The van der Waals surface area contributed by atoms with Crippen molar-refractivity contribution in [3.8, 4) is 11.8 Å². The lowest BCUT2D eigenvalue weighted by atomic mass is 9.98. The topological polar surface area (TPSA) is 61.6 Å². The lowest BCUT2D eigenvalue weighted by Crippen LogP contribution is -2.44. The number of rotatable bonds is 2. The van der Waals surface area contributed by atoms with Crippen LogP contribution in [0.3, 0.4) is 0 Å². The second kappa shape index (κ2) is 7.04. The van der Waals surface area contributed by atoms with Crippen LogP contribution in [0.5, 0.6) is 0 Å². The van der Waals surface area contributed by atoms with E-state index in [0.29, 0.717) is 0 Å². The van der Waals surface area contributed by atoms with Gasteiger partial charge in [0.1, 0.15) is 6.04 Å². The summed E-state index contributed by atoms with van der Waals surface area (Å²) in [4.78, 5) is 15.2. The molecule has 6 nitrogen and oxygen atoms in total. The van der Waals surface area contributed by atoms with E-state index >= 15 is 0 Å². The molecular weight excluding hydrogens is 304 g/mol. The number of fused-ring (bicyclic) bond motifs is 1. The normalized spacial score (nSPS) is 21.1. The lowest BCUT2D eigenvalue weighted by molar-refractivity contribution is -0.384. The van der Waals surface area contributed by atoms with Gasteiger partial charge in [0.05, 0.1) is 11.5 Å². The molecule has 3 rings (SSSR count). The number of benzene rings is 1. The molecule has 0 radical (unpaired) electrons. The summed E-state index contributed by atoms with van der Waals surface area (Å²) in [5.41, 5.74) is 2.91. The van der Waals surface area contributed by atoms with Gasteiger partial charge in [-0.15, -0.1) is 0 Å². The maximum absolute atomic E-state index is 10.9. The summed E-state index contributed by atoms with van der Waals surface area (Å²) >= 11 is 0. The largest absolute Gasteiger partial charge is 0.368 e. The number of allylic oxidation sites excluding steroid dienone is 1. The second-order valence-electron chi connectivity index (χ2n) is 6.36. The quantitative estimate of drug-likeness (QED) is 0.512. The van der Waals surface area contributed by atoms with Gasteiger partial charge in [0.25, 0.3) is 5.69 Å². The molecule has 0 spiro atoms. The molecule has 1 unspecified atom stereocenters. The highest BCUT2D eigenvalue weighted by Crippen LogP contribution is 2.32. The number of nitrogens with zero attached hydrogens (tertiary/aromatic N) is 3. The van der Waals surface area contributed by atoms with E-state index in [1.54, 1.807) is 12.1 Å². The Morgan fingerprint density at radius 2 is 2.08 bits per heavy atom. The highest BCUT2D eigenvalue weighted by molar-refractivity contribution is 5.81. The van der Waals surface area contributed by atoms with Gasteiger partial charge in [-0.1, -0.05) is 11.8 Å². The second-order valence-corrected chi connectivity index (χ2v) is 6.36. The van der Waals surface area contributed by atoms with Crippen molar-refractivity contribution in [2.75, 3.05) is 45.1 Å². The smallest absolute Gasteiger partial charge is 0.270 e. The number of hydrogen-bond acceptors (Lipinski definition) is 5. The van der Waals surface area contributed by atoms with Crippen LogP contribution in [0, 0.1) is 22.0 Å². The first-order valence-corrected chi connectivity index (χ1v) is 8.16. The van der Waals surface area contributed by atoms with Gasteiger partial charge in [-0.3, -0.25) is 15.0 Å². The Hall–Kier alpha value is -2.36. The molecule has 0 bridgehead atoms. The molecule has 1 aromatic carbocycles. The fraction of sp³-hybridized carbons (Fsp3) is 0.444. The van der Waals surface area contributed by atoms with Gasteiger partial charge < -0.3 is 10.2 Å². The van der Waals surface area contributed by atoms with Crippen molar-refractivity contribution in [3.05, 3.63) is 40.0 Å². The van der Waals surface area contributed by atoms with Gasteiger partial charge in [0.2, 0.25) is 0 Å². The molecule has 2 aliphatic heterocycles. The number of piperazine rings is 1. The van der Waals surface area contributed by atoms with E-state index in [2.05, 4.69) is 34.0 Å². The molecule has 1 saturated heterocycles. The predicted molar refractivity (Wildman–Crippen MR) is 95.9 cm³/mol. The van der Waals surface area contributed by atoms with Gasteiger partial charge in [0.15, 0.2) is 0 Å². The lowest BCUT2D eigenvalue weighted by Gasteiger charge is -2.30. The molecule has 0 aromatic heterocycles. The molecular formula is C18H22N4O2. The summed E-state index contributed by atoms with van der Waals surface area (Å²) in [5, 5.41) is 14.2. The van der Waals surface area contributed by atoms with Crippen LogP contribution in [0.2, 0.25) is 0 Å². The first-order chi connectivity index (χ1) is 11.5. The molecule has 0 amide bonds. The fourth-order valence-corrected chi connectivity index (χ4v) is 3.00. The Labute approximate surface area is 142 Å². The minimum Gasteiger partial charge on any atom is -0.368 e. The van der Waals surface area contributed by atoms with Crippen LogP contribution in [0.4, 0.5) is 11.4 Å². The first kappa shape index (κ1) is 16.5. The van der Waals surface area contributed by atoms with E-state index < -0.39 is 0 Å². The molecule has 1 aromatic rings. The van der Waals surface area contributed by atoms with E-state index in [9.17, 15) is 10.1 Å². The third-order valence-corrected chi connectivity index (χ3v) is 4.52. The van der Waals surface area contributed by atoms with Crippen molar-refractivity contribution in [1.29, 1.82) is 0 Å². The van der Waals surface area contributed by atoms with Crippen molar-refractivity contribution in [3.63, 3.8) is 0 Å². The van der Waals surface area contributed by atoms with Crippen molar-refractivity contribution in [1.82, 2.24) is 9.80 Å². The summed E-state index contributed by atoms with van der Waals surface area (Å²) < 4.78 is 0. The van der Waals surface area contributed by atoms with E-state index in [1.807, 2.05) is 13.0 Å². The molecule has 2 aliphatic rings. The number of hydrogen-bond donors (Lipinski definition) is 1. The van der Waals surface area contributed by atoms with Gasteiger partial charge in [-0.05, 0) is 31.7 Å². The minimum absolute atomic E-state index is 0.0496. The van der Waals surface area contributed by atoms with Crippen LogP contribution in [-0.2, 0) is 0 Å². The number of nitrogens with one attached hydrogen (secondary N) is 1. The molecule has 126 valence electrons. The molecule has 6 heteroatoms. The van der Waals surface area contributed by atoms with E-state index in [1.165, 1.54) is 6.07 Å². The Balaban J connectivity index is 1.66. The minimum atomic E-state index is -0.366. The average Bonchev–Trinajstić information content (AvgIpc) is 2.56. The van der Waals surface area contributed by atoms with Crippen LogP contribution >= 0.6 is 0 Å². The molecule has 0 saturated carbocycles. The number of likely N-dealkylation sites (N-methyl/N-ethyl adjacent to an activating group) is 1. The zero-order valence-electron chi connectivity index (χ0n) is 14.1. The van der Waals surface area contributed by atoms with Crippen molar-refractivity contribution in [2.45, 2.75) is 13.0 Å². The Morgan fingerprint density at radius 3 is 2.79 bits per heavy atom. The standard InChI is InChI=1S/C18H22N4O2/c1-14-12-15(4-3-7-21-10-8-20(2)9-11-21)19-18-6-5-16(22(23)24)13-17(14)18/h5-6,12-13,15,19H,7-11H2,1-2H3. The number of anilines is 1. The maximum atomic E-state index is 10.9. The van der Waals surface area contributed by atoms with Gasteiger partial charge in [-0.25, -0.2) is 0 Å². The number of nitro benzene ring substituents is 1. The molecule has 0 aliphatic carbocycles. The summed E-state index contributed by atoms with van der Waals surface area (Å²) in [7, 11) is 2.14. The summed E-state index contributed by atoms with van der Waals surface area (Å²) in [6, 6.07) is 4.85. The third-order valence-electron chi connectivity index (χ3n) is 4.52. The van der Waals surface area contributed by atoms with Crippen molar-refractivity contribution >= 4 is 16.9 Å². The number of non-ortho nitro benzene ring substituents is 1. The Morgan fingerprint density at radius 1 is 1.33 bits per heavy atom. The van der Waals surface area contributed by atoms with E-state index in [4.69, 9.17) is 0 Å². The first-order valence-electron chi connectivity index (χ1n) is 8.16. The Kier molecular flexibility index (Phi) is 4.84. The molecule has 1 fully saturated rings. The van der Waals surface area contributed by atoms with Gasteiger partial charge in [-0.2, -0.15) is 0 Å². The van der Waals surface area contributed by atoms with Gasteiger partial charge in [0, 0.05) is 49.6 Å². The predicted octanol–water partition coefficient (Wildman–Crippen LogP) is 2.04. The van der Waals surface area contributed by atoms with Crippen LogP contribution < -0.4 is 5.32 Å². The van der Waals surface area contributed by atoms with Gasteiger partial charge >= 0.3 is 0 Å². The summed E-state index contributed by atoms with van der Waals surface area (Å²) in [6.45, 7) is 7.06. The average molecular weight is 326 g/mol. The summed E-state index contributed by atoms with van der Waals surface area (Å²) in [6.07, 6.45) is 2.03. The molecule has 1 atom stereocenters. The van der Waals surface area contributed by atoms with Crippen molar-refractivity contribution in [2.24, 2.45) is 0 Å². The van der Waals surface area contributed by atoms with Crippen LogP contribution in [0.15, 0.2) is 24.3 Å². The van der Waals surface area contributed by atoms with Crippen LogP contribution in [-0.4, -0.2) is 60.5 Å². The maximum Gasteiger partial charge on any atom is 0.270 e. The molecule has 24 heavy (non-hydrogen) atoms.